The molecule has 3 heterocycles. The molecule has 0 bridgehead atoms. The minimum absolute atomic E-state index is 0.147. The Labute approximate surface area is 165 Å². The molecule has 0 N–H and O–H groups in total. The fraction of sp³-hybridized carbons (Fsp3) is 0.833. The molecule has 27 heavy (non-hydrogen) atoms. The minimum Gasteiger partial charge on any atom is -0.378 e. The van der Waals surface area contributed by atoms with E-state index in [9.17, 15) is 4.79 Å². The van der Waals surface area contributed by atoms with Crippen LogP contribution in [0.1, 0.15) is 27.2 Å². The van der Waals surface area contributed by atoms with E-state index in [-0.39, 0.29) is 12.0 Å². The van der Waals surface area contributed by atoms with Gasteiger partial charge in [-0.05, 0) is 12.3 Å². The average molecular weight is 398 g/mol. The standard InChI is InChI=1S/C18H31N5O3S/c1-4-15-12-22(7-10-26-15)16(24)13-27-18-20-19-17(23(18)11-14(2)3)21-5-8-25-9-6-21/h14-15H,4-13H2,1-3H3. The van der Waals surface area contributed by atoms with E-state index >= 15 is 0 Å². The SMILES string of the molecule is CCC1CN(C(=O)CSc2nnc(N3CCOCC3)n2CC(C)C)CCO1. The van der Waals surface area contributed by atoms with Crippen LogP contribution in [0, 0.1) is 5.92 Å². The monoisotopic (exact) mass is 397 g/mol. The number of amides is 1. The lowest BCUT2D eigenvalue weighted by Gasteiger charge is -2.32. The summed E-state index contributed by atoms with van der Waals surface area (Å²) in [6.45, 7) is 12.4. The van der Waals surface area contributed by atoms with Gasteiger partial charge >= 0.3 is 0 Å². The predicted octanol–water partition coefficient (Wildman–Crippen LogP) is 1.50. The Bertz CT molecular complexity index is 618. The van der Waals surface area contributed by atoms with Crippen molar-refractivity contribution >= 4 is 23.6 Å². The van der Waals surface area contributed by atoms with E-state index in [1.54, 1.807) is 0 Å². The molecule has 0 aromatic carbocycles. The molecule has 152 valence electrons. The van der Waals surface area contributed by atoms with Crippen LogP contribution in [0.5, 0.6) is 0 Å². The van der Waals surface area contributed by atoms with Crippen molar-refractivity contribution in [2.75, 3.05) is 56.7 Å². The maximum Gasteiger partial charge on any atom is 0.233 e. The van der Waals surface area contributed by atoms with Crippen LogP contribution in [-0.4, -0.2) is 83.4 Å². The second kappa shape index (κ2) is 9.75. The zero-order valence-electron chi connectivity index (χ0n) is 16.6. The van der Waals surface area contributed by atoms with Crippen molar-refractivity contribution in [3.63, 3.8) is 0 Å². The van der Waals surface area contributed by atoms with Gasteiger partial charge in [0.15, 0.2) is 5.16 Å². The smallest absolute Gasteiger partial charge is 0.233 e. The number of ether oxygens (including phenoxy) is 2. The van der Waals surface area contributed by atoms with Crippen LogP contribution in [0.3, 0.4) is 0 Å². The maximum absolute atomic E-state index is 12.6. The van der Waals surface area contributed by atoms with Crippen LogP contribution < -0.4 is 4.90 Å². The van der Waals surface area contributed by atoms with Crippen molar-refractivity contribution in [1.29, 1.82) is 0 Å². The fourth-order valence-corrected chi connectivity index (χ4v) is 4.17. The summed E-state index contributed by atoms with van der Waals surface area (Å²) >= 11 is 1.48. The highest BCUT2D eigenvalue weighted by Crippen LogP contribution is 2.24. The lowest BCUT2D eigenvalue weighted by atomic mass is 10.2. The molecular weight excluding hydrogens is 366 g/mol. The molecule has 1 aromatic heterocycles. The number of thioether (sulfide) groups is 1. The Hall–Kier alpha value is -1.32. The van der Waals surface area contributed by atoms with E-state index in [0.29, 0.717) is 44.6 Å². The molecule has 1 atom stereocenters. The third-order valence-electron chi connectivity index (χ3n) is 4.81. The highest BCUT2D eigenvalue weighted by Gasteiger charge is 2.25. The largest absolute Gasteiger partial charge is 0.378 e. The summed E-state index contributed by atoms with van der Waals surface area (Å²) in [7, 11) is 0. The Morgan fingerprint density at radius 2 is 2.00 bits per heavy atom. The lowest BCUT2D eigenvalue weighted by molar-refractivity contribution is -0.135. The molecular formula is C18H31N5O3S. The van der Waals surface area contributed by atoms with Gasteiger partial charge in [-0.1, -0.05) is 32.5 Å². The number of hydrogen-bond donors (Lipinski definition) is 0. The van der Waals surface area contributed by atoms with Gasteiger partial charge < -0.3 is 19.3 Å². The maximum atomic E-state index is 12.6. The molecule has 8 nitrogen and oxygen atoms in total. The first-order valence-corrected chi connectivity index (χ1v) is 10.8. The summed E-state index contributed by atoms with van der Waals surface area (Å²) in [6.07, 6.45) is 1.09. The normalized spacial score (nSPS) is 21.1. The summed E-state index contributed by atoms with van der Waals surface area (Å²) in [5.74, 6) is 1.89. The lowest BCUT2D eigenvalue weighted by Crippen LogP contribution is -2.46. The third-order valence-corrected chi connectivity index (χ3v) is 5.76. The van der Waals surface area contributed by atoms with Crippen molar-refractivity contribution < 1.29 is 14.3 Å². The van der Waals surface area contributed by atoms with Crippen molar-refractivity contribution in [2.24, 2.45) is 5.92 Å². The molecule has 1 aromatic rings. The Kier molecular flexibility index (Phi) is 7.37. The predicted molar refractivity (Wildman–Crippen MR) is 105 cm³/mol. The third kappa shape index (κ3) is 5.36. The molecule has 0 radical (unpaired) electrons. The van der Waals surface area contributed by atoms with Gasteiger partial charge in [0.1, 0.15) is 0 Å². The number of aromatic nitrogens is 3. The number of rotatable bonds is 7. The molecule has 2 saturated heterocycles. The molecule has 9 heteroatoms. The van der Waals surface area contributed by atoms with E-state index in [1.807, 2.05) is 4.90 Å². The van der Waals surface area contributed by atoms with Crippen LogP contribution >= 0.6 is 11.8 Å². The van der Waals surface area contributed by atoms with Crippen LogP contribution in [0.4, 0.5) is 5.95 Å². The summed E-state index contributed by atoms with van der Waals surface area (Å²) in [5.41, 5.74) is 0. The van der Waals surface area contributed by atoms with Gasteiger partial charge in [0.2, 0.25) is 11.9 Å². The van der Waals surface area contributed by atoms with Crippen LogP contribution in [0.2, 0.25) is 0 Å². The Morgan fingerprint density at radius 3 is 2.70 bits per heavy atom. The van der Waals surface area contributed by atoms with E-state index in [4.69, 9.17) is 9.47 Å². The molecule has 0 saturated carbocycles. The van der Waals surface area contributed by atoms with Crippen molar-refractivity contribution in [3.8, 4) is 0 Å². The number of nitrogens with zero attached hydrogens (tertiary/aromatic N) is 5. The van der Waals surface area contributed by atoms with Crippen molar-refractivity contribution in [3.05, 3.63) is 0 Å². The van der Waals surface area contributed by atoms with E-state index in [1.165, 1.54) is 11.8 Å². The number of anilines is 1. The second-order valence-electron chi connectivity index (χ2n) is 7.42. The molecule has 0 spiro atoms. The molecule has 2 aliphatic heterocycles. The van der Waals surface area contributed by atoms with E-state index in [2.05, 4.69) is 40.4 Å². The Balaban J connectivity index is 1.65. The zero-order chi connectivity index (χ0) is 19.2. The van der Waals surface area contributed by atoms with Gasteiger partial charge in [0, 0.05) is 32.7 Å². The summed E-state index contributed by atoms with van der Waals surface area (Å²) in [4.78, 5) is 16.8. The van der Waals surface area contributed by atoms with E-state index in [0.717, 1.165) is 37.2 Å². The van der Waals surface area contributed by atoms with E-state index < -0.39 is 0 Å². The minimum atomic E-state index is 0.147. The average Bonchev–Trinajstić information content (AvgIpc) is 3.08. The van der Waals surface area contributed by atoms with Gasteiger partial charge in [-0.2, -0.15) is 0 Å². The number of carbonyl (C=O) groups is 1. The van der Waals surface area contributed by atoms with Gasteiger partial charge in [-0.25, -0.2) is 0 Å². The second-order valence-corrected chi connectivity index (χ2v) is 8.36. The number of carbonyl (C=O) groups excluding carboxylic acids is 1. The van der Waals surface area contributed by atoms with Crippen LogP contribution in [-0.2, 0) is 20.8 Å². The van der Waals surface area contributed by atoms with Gasteiger partial charge in [0.05, 0.1) is 31.7 Å². The van der Waals surface area contributed by atoms with Crippen LogP contribution in [0.15, 0.2) is 5.16 Å². The zero-order valence-corrected chi connectivity index (χ0v) is 17.4. The van der Waals surface area contributed by atoms with Gasteiger partial charge in [-0.3, -0.25) is 9.36 Å². The molecule has 1 unspecified atom stereocenters. The number of hydrogen-bond acceptors (Lipinski definition) is 7. The summed E-state index contributed by atoms with van der Waals surface area (Å²) in [5, 5.41) is 9.64. The van der Waals surface area contributed by atoms with Crippen LogP contribution in [0.25, 0.3) is 0 Å². The molecule has 2 aliphatic rings. The first kappa shape index (κ1) is 20.4. The first-order chi connectivity index (χ1) is 13.1. The quantitative estimate of drug-likeness (QED) is 0.646. The van der Waals surface area contributed by atoms with Gasteiger partial charge in [0.25, 0.3) is 0 Å². The fourth-order valence-electron chi connectivity index (χ4n) is 3.32. The highest BCUT2D eigenvalue weighted by molar-refractivity contribution is 7.99. The van der Waals surface area contributed by atoms with Crippen molar-refractivity contribution in [2.45, 2.75) is 45.0 Å². The number of morpholine rings is 2. The highest BCUT2D eigenvalue weighted by atomic mass is 32.2. The first-order valence-electron chi connectivity index (χ1n) is 9.86. The molecule has 0 aliphatic carbocycles. The summed E-state index contributed by atoms with van der Waals surface area (Å²) < 4.78 is 13.3. The topological polar surface area (TPSA) is 72.7 Å². The summed E-state index contributed by atoms with van der Waals surface area (Å²) in [6, 6.07) is 0. The molecule has 2 fully saturated rings. The Morgan fingerprint density at radius 1 is 1.22 bits per heavy atom. The van der Waals surface area contributed by atoms with Crippen molar-refractivity contribution in [1.82, 2.24) is 19.7 Å². The van der Waals surface area contributed by atoms with Gasteiger partial charge in [-0.15, -0.1) is 10.2 Å². The molecule has 3 rings (SSSR count). The molecule has 1 amide bonds.